The first-order chi connectivity index (χ1) is 14.9. The fraction of sp³-hybridized carbons (Fsp3) is 0.375. The molecule has 3 rings (SSSR count). The lowest BCUT2D eigenvalue weighted by Crippen LogP contribution is -2.31. The summed E-state index contributed by atoms with van der Waals surface area (Å²) in [6.07, 6.45) is 1.72. The van der Waals surface area contributed by atoms with Crippen LogP contribution in [0.1, 0.15) is 54.7 Å². The number of thiazole rings is 1. The third kappa shape index (κ3) is 5.41. The lowest BCUT2D eigenvalue weighted by atomic mass is 9.95. The Morgan fingerprint density at radius 3 is 2.48 bits per heavy atom. The highest BCUT2D eigenvalue weighted by Crippen LogP contribution is 2.34. The summed E-state index contributed by atoms with van der Waals surface area (Å²) in [6, 6.07) is 11.3. The molecule has 0 fully saturated rings. The molecule has 0 spiro atoms. The summed E-state index contributed by atoms with van der Waals surface area (Å²) in [4.78, 5) is 22.7. The van der Waals surface area contributed by atoms with Gasteiger partial charge in [0.2, 0.25) is 0 Å². The summed E-state index contributed by atoms with van der Waals surface area (Å²) in [5.41, 5.74) is 2.44. The fourth-order valence-electron chi connectivity index (χ4n) is 3.31. The standard InChI is InChI=1S/C24H29N3O3S/c1-6-29-19-12-11-17(14-20(19)30-7-2)21(15(3)4)27-23(28)22-16(5)26-24(31-22)18-10-8-9-13-25-18/h8-15,21H,6-7H2,1-5H3,(H,27,28). The number of pyridine rings is 1. The first-order valence-electron chi connectivity index (χ1n) is 10.5. The van der Waals surface area contributed by atoms with Crippen LogP contribution in [0.4, 0.5) is 0 Å². The molecular formula is C24H29N3O3S. The van der Waals surface area contributed by atoms with E-state index in [2.05, 4.69) is 29.1 Å². The van der Waals surface area contributed by atoms with Crippen LogP contribution in [0, 0.1) is 12.8 Å². The van der Waals surface area contributed by atoms with Crippen LogP contribution in [-0.4, -0.2) is 29.1 Å². The van der Waals surface area contributed by atoms with Gasteiger partial charge in [0.1, 0.15) is 9.88 Å². The number of ether oxygens (including phenoxy) is 2. The molecule has 1 aromatic carbocycles. The molecule has 2 heterocycles. The van der Waals surface area contributed by atoms with Crippen LogP contribution in [0.15, 0.2) is 42.6 Å². The molecule has 1 amide bonds. The summed E-state index contributed by atoms with van der Waals surface area (Å²) >= 11 is 1.36. The minimum absolute atomic E-state index is 0.136. The smallest absolute Gasteiger partial charge is 0.263 e. The van der Waals surface area contributed by atoms with E-state index < -0.39 is 0 Å². The molecule has 7 heteroatoms. The average Bonchev–Trinajstić information content (AvgIpc) is 3.16. The van der Waals surface area contributed by atoms with Crippen LogP contribution in [-0.2, 0) is 0 Å². The average molecular weight is 440 g/mol. The van der Waals surface area contributed by atoms with E-state index in [-0.39, 0.29) is 17.9 Å². The maximum absolute atomic E-state index is 13.2. The van der Waals surface area contributed by atoms with Crippen LogP contribution in [0.3, 0.4) is 0 Å². The Morgan fingerprint density at radius 1 is 1.10 bits per heavy atom. The van der Waals surface area contributed by atoms with Crippen molar-refractivity contribution in [3.8, 4) is 22.2 Å². The van der Waals surface area contributed by atoms with Crippen molar-refractivity contribution in [3.63, 3.8) is 0 Å². The Bertz CT molecular complexity index is 1020. The van der Waals surface area contributed by atoms with Crippen LogP contribution in [0.25, 0.3) is 10.7 Å². The van der Waals surface area contributed by atoms with Crippen molar-refractivity contribution in [2.45, 2.75) is 40.7 Å². The number of aromatic nitrogens is 2. The minimum Gasteiger partial charge on any atom is -0.490 e. The summed E-state index contributed by atoms with van der Waals surface area (Å²) in [7, 11) is 0. The number of nitrogens with zero attached hydrogens (tertiary/aromatic N) is 2. The van der Waals surface area contributed by atoms with Gasteiger partial charge < -0.3 is 14.8 Å². The van der Waals surface area contributed by atoms with Crippen LogP contribution >= 0.6 is 11.3 Å². The highest BCUT2D eigenvalue weighted by molar-refractivity contribution is 7.17. The van der Waals surface area contributed by atoms with E-state index >= 15 is 0 Å². The normalized spacial score (nSPS) is 11.9. The number of carbonyl (C=O) groups excluding carboxylic acids is 1. The van der Waals surface area contributed by atoms with Crippen molar-refractivity contribution in [2.24, 2.45) is 5.92 Å². The van der Waals surface area contributed by atoms with Crippen molar-refractivity contribution in [1.29, 1.82) is 0 Å². The van der Waals surface area contributed by atoms with Gasteiger partial charge in [-0.25, -0.2) is 4.98 Å². The summed E-state index contributed by atoms with van der Waals surface area (Å²) in [6.45, 7) is 11.0. The predicted molar refractivity (Wildman–Crippen MR) is 124 cm³/mol. The largest absolute Gasteiger partial charge is 0.490 e. The molecule has 3 aromatic rings. The molecule has 0 bridgehead atoms. The lowest BCUT2D eigenvalue weighted by Gasteiger charge is -2.24. The van der Waals surface area contributed by atoms with E-state index in [1.807, 2.05) is 57.2 Å². The summed E-state index contributed by atoms with van der Waals surface area (Å²) in [5.74, 6) is 1.44. The second-order valence-electron chi connectivity index (χ2n) is 7.42. The van der Waals surface area contributed by atoms with Crippen molar-refractivity contribution < 1.29 is 14.3 Å². The zero-order valence-corrected chi connectivity index (χ0v) is 19.5. The molecular weight excluding hydrogens is 410 g/mol. The van der Waals surface area contributed by atoms with Gasteiger partial charge in [-0.15, -0.1) is 11.3 Å². The Labute approximate surface area is 187 Å². The second kappa shape index (κ2) is 10.4. The van der Waals surface area contributed by atoms with Gasteiger partial charge in [0, 0.05) is 6.20 Å². The molecule has 0 saturated heterocycles. The van der Waals surface area contributed by atoms with E-state index in [4.69, 9.17) is 9.47 Å². The molecule has 1 unspecified atom stereocenters. The third-order valence-corrected chi connectivity index (χ3v) is 5.95. The molecule has 1 atom stereocenters. The molecule has 0 saturated carbocycles. The number of hydrogen-bond donors (Lipinski definition) is 1. The molecule has 0 aliphatic heterocycles. The summed E-state index contributed by atoms with van der Waals surface area (Å²) in [5, 5.41) is 3.93. The number of aryl methyl sites for hydroxylation is 1. The van der Waals surface area contributed by atoms with Crippen LogP contribution in [0.5, 0.6) is 11.5 Å². The number of nitrogens with one attached hydrogen (secondary N) is 1. The Balaban J connectivity index is 1.86. The van der Waals surface area contributed by atoms with Gasteiger partial charge in [0.25, 0.3) is 5.91 Å². The SMILES string of the molecule is CCOc1ccc(C(NC(=O)c2sc(-c3ccccn3)nc2C)C(C)C)cc1OCC. The van der Waals surface area contributed by atoms with Crippen molar-refractivity contribution in [1.82, 2.24) is 15.3 Å². The second-order valence-corrected chi connectivity index (χ2v) is 8.41. The number of carbonyl (C=O) groups is 1. The van der Waals surface area contributed by atoms with E-state index in [1.165, 1.54) is 11.3 Å². The van der Waals surface area contributed by atoms with Gasteiger partial charge >= 0.3 is 0 Å². The molecule has 31 heavy (non-hydrogen) atoms. The van der Waals surface area contributed by atoms with Crippen molar-refractivity contribution in [2.75, 3.05) is 13.2 Å². The molecule has 2 aromatic heterocycles. The number of rotatable bonds is 9. The predicted octanol–water partition coefficient (Wildman–Crippen LogP) is 5.44. The summed E-state index contributed by atoms with van der Waals surface area (Å²) < 4.78 is 11.4. The zero-order valence-electron chi connectivity index (χ0n) is 18.6. The Hall–Kier alpha value is -2.93. The van der Waals surface area contributed by atoms with Gasteiger partial charge in [-0.1, -0.05) is 26.0 Å². The quantitative estimate of drug-likeness (QED) is 0.481. The maximum Gasteiger partial charge on any atom is 0.263 e. The van der Waals surface area contributed by atoms with Crippen molar-refractivity contribution >= 4 is 17.2 Å². The number of amides is 1. The minimum atomic E-state index is -0.179. The molecule has 1 N–H and O–H groups in total. The van der Waals surface area contributed by atoms with Crippen LogP contribution in [0.2, 0.25) is 0 Å². The van der Waals surface area contributed by atoms with Gasteiger partial charge in [0.15, 0.2) is 11.5 Å². The van der Waals surface area contributed by atoms with Gasteiger partial charge in [-0.3, -0.25) is 9.78 Å². The van der Waals surface area contributed by atoms with E-state index in [0.29, 0.717) is 35.3 Å². The van der Waals surface area contributed by atoms with Gasteiger partial charge in [0.05, 0.1) is 30.6 Å². The van der Waals surface area contributed by atoms with E-state index in [0.717, 1.165) is 16.3 Å². The zero-order chi connectivity index (χ0) is 22.4. The molecule has 6 nitrogen and oxygen atoms in total. The van der Waals surface area contributed by atoms with Crippen molar-refractivity contribution in [3.05, 3.63) is 58.7 Å². The number of benzene rings is 1. The molecule has 0 radical (unpaired) electrons. The van der Waals surface area contributed by atoms with Crippen LogP contribution < -0.4 is 14.8 Å². The number of hydrogen-bond acceptors (Lipinski definition) is 6. The monoisotopic (exact) mass is 439 g/mol. The fourth-order valence-corrected chi connectivity index (χ4v) is 4.25. The lowest BCUT2D eigenvalue weighted by molar-refractivity contribution is 0.0929. The Kier molecular flexibility index (Phi) is 7.63. The molecule has 164 valence electrons. The Morgan fingerprint density at radius 2 is 1.84 bits per heavy atom. The van der Waals surface area contributed by atoms with Gasteiger partial charge in [-0.05, 0) is 56.5 Å². The maximum atomic E-state index is 13.2. The highest BCUT2D eigenvalue weighted by atomic mass is 32.1. The first-order valence-corrected chi connectivity index (χ1v) is 11.3. The highest BCUT2D eigenvalue weighted by Gasteiger charge is 2.24. The van der Waals surface area contributed by atoms with E-state index in [9.17, 15) is 4.79 Å². The first kappa shape index (κ1) is 22.7. The molecule has 0 aliphatic rings. The topological polar surface area (TPSA) is 73.3 Å². The van der Waals surface area contributed by atoms with Gasteiger partial charge in [-0.2, -0.15) is 0 Å². The third-order valence-electron chi connectivity index (χ3n) is 4.77. The molecule has 0 aliphatic carbocycles. The van der Waals surface area contributed by atoms with E-state index in [1.54, 1.807) is 6.20 Å².